The van der Waals surface area contributed by atoms with Crippen LogP contribution in [0.25, 0.3) is 11.0 Å². The maximum absolute atomic E-state index is 5.52. The molecular weight excluding hydrogens is 288 g/mol. The van der Waals surface area contributed by atoms with Crippen molar-refractivity contribution in [2.45, 2.75) is 39.7 Å². The maximum Gasteiger partial charge on any atom is 0.146 e. The predicted octanol–water partition coefficient (Wildman–Crippen LogP) is 3.68. The Bertz CT molecular complexity index is 813. The van der Waals surface area contributed by atoms with Crippen molar-refractivity contribution in [3.05, 3.63) is 41.7 Å². The summed E-state index contributed by atoms with van der Waals surface area (Å²) in [6, 6.07) is 3.94. The average molecular weight is 310 g/mol. The van der Waals surface area contributed by atoms with Crippen LogP contribution in [0.1, 0.15) is 36.3 Å². The van der Waals surface area contributed by atoms with Crippen LogP contribution < -0.4 is 4.90 Å². The number of rotatable bonds is 3. The number of anilines is 1. The fourth-order valence-corrected chi connectivity index (χ4v) is 3.55. The van der Waals surface area contributed by atoms with Gasteiger partial charge in [-0.2, -0.15) is 0 Å². The Morgan fingerprint density at radius 2 is 1.96 bits per heavy atom. The Balaban J connectivity index is 1.84. The number of hydrogen-bond acceptors (Lipinski definition) is 4. The summed E-state index contributed by atoms with van der Waals surface area (Å²) in [5.74, 6) is 2.04. The molecule has 4 rings (SSSR count). The van der Waals surface area contributed by atoms with Crippen molar-refractivity contribution in [2.24, 2.45) is 0 Å². The van der Waals surface area contributed by atoms with E-state index in [1.807, 2.05) is 12.1 Å². The van der Waals surface area contributed by atoms with Crippen molar-refractivity contribution < 1.29 is 4.42 Å². The molecule has 1 fully saturated rings. The molecule has 0 aromatic carbocycles. The second kappa shape index (κ2) is 5.72. The lowest BCUT2D eigenvalue weighted by molar-refractivity contribution is 0.494. The van der Waals surface area contributed by atoms with Crippen LogP contribution in [0, 0.1) is 13.8 Å². The van der Waals surface area contributed by atoms with Gasteiger partial charge < -0.3 is 13.9 Å². The van der Waals surface area contributed by atoms with Crippen LogP contribution in [0.15, 0.2) is 29.1 Å². The van der Waals surface area contributed by atoms with Gasteiger partial charge in [0.2, 0.25) is 0 Å². The number of aryl methyl sites for hydroxylation is 1. The fourth-order valence-electron chi connectivity index (χ4n) is 3.55. The standard InChI is InChI=1S/C18H22N4O/c1-13-14(2)22(11-15-7-6-10-23-15)18-16(13)17(19-12-20-18)21-8-4-3-5-9-21/h6-7,10,12H,3-5,8-9,11H2,1-2H3. The molecule has 0 amide bonds. The van der Waals surface area contributed by atoms with E-state index in [0.717, 1.165) is 30.3 Å². The molecule has 5 nitrogen and oxygen atoms in total. The minimum Gasteiger partial charge on any atom is -0.467 e. The smallest absolute Gasteiger partial charge is 0.146 e. The summed E-state index contributed by atoms with van der Waals surface area (Å²) in [4.78, 5) is 11.6. The normalized spacial score (nSPS) is 15.5. The third kappa shape index (κ3) is 2.40. The zero-order chi connectivity index (χ0) is 15.8. The Hall–Kier alpha value is -2.30. The van der Waals surface area contributed by atoms with Crippen LogP contribution in [0.2, 0.25) is 0 Å². The van der Waals surface area contributed by atoms with E-state index >= 15 is 0 Å². The van der Waals surface area contributed by atoms with Crippen molar-refractivity contribution in [1.29, 1.82) is 0 Å². The number of hydrogen-bond donors (Lipinski definition) is 0. The van der Waals surface area contributed by atoms with Crippen LogP contribution >= 0.6 is 0 Å². The van der Waals surface area contributed by atoms with Gasteiger partial charge in [0.05, 0.1) is 18.2 Å². The molecule has 1 saturated heterocycles. The van der Waals surface area contributed by atoms with Gasteiger partial charge in [0.1, 0.15) is 23.6 Å². The highest BCUT2D eigenvalue weighted by molar-refractivity contribution is 5.92. The van der Waals surface area contributed by atoms with Gasteiger partial charge in [-0.1, -0.05) is 0 Å². The highest BCUT2D eigenvalue weighted by Crippen LogP contribution is 2.32. The van der Waals surface area contributed by atoms with E-state index in [-0.39, 0.29) is 0 Å². The molecule has 3 aromatic heterocycles. The molecule has 5 heteroatoms. The second-order valence-corrected chi connectivity index (χ2v) is 6.32. The van der Waals surface area contributed by atoms with Crippen molar-refractivity contribution >= 4 is 16.9 Å². The number of nitrogens with zero attached hydrogens (tertiary/aromatic N) is 4. The van der Waals surface area contributed by atoms with E-state index in [1.54, 1.807) is 12.6 Å². The van der Waals surface area contributed by atoms with Crippen LogP contribution in [0.4, 0.5) is 5.82 Å². The van der Waals surface area contributed by atoms with Gasteiger partial charge in [0.25, 0.3) is 0 Å². The average Bonchev–Trinajstić information content (AvgIpc) is 3.19. The van der Waals surface area contributed by atoms with E-state index in [0.29, 0.717) is 6.54 Å². The Morgan fingerprint density at radius 3 is 2.70 bits per heavy atom. The van der Waals surface area contributed by atoms with Crippen molar-refractivity contribution in [3.63, 3.8) is 0 Å². The van der Waals surface area contributed by atoms with Gasteiger partial charge in [-0.25, -0.2) is 9.97 Å². The first-order valence-electron chi connectivity index (χ1n) is 8.33. The van der Waals surface area contributed by atoms with Gasteiger partial charge >= 0.3 is 0 Å². The highest BCUT2D eigenvalue weighted by atomic mass is 16.3. The molecule has 1 aliphatic rings. The van der Waals surface area contributed by atoms with Crippen LogP contribution in [-0.2, 0) is 6.54 Å². The lowest BCUT2D eigenvalue weighted by atomic mass is 10.1. The summed E-state index contributed by atoms with van der Waals surface area (Å²) in [6.07, 6.45) is 7.23. The number of furan rings is 1. The predicted molar refractivity (Wildman–Crippen MR) is 90.9 cm³/mol. The summed E-state index contributed by atoms with van der Waals surface area (Å²) >= 11 is 0. The minimum absolute atomic E-state index is 0.708. The quantitative estimate of drug-likeness (QED) is 0.740. The SMILES string of the molecule is Cc1c(C)n(Cc2ccco2)c2ncnc(N3CCCCC3)c12. The molecule has 1 aliphatic heterocycles. The van der Waals surface area contributed by atoms with Gasteiger partial charge in [-0.05, 0) is 50.8 Å². The molecule has 0 radical (unpaired) electrons. The molecule has 0 aliphatic carbocycles. The Morgan fingerprint density at radius 1 is 1.13 bits per heavy atom. The van der Waals surface area contributed by atoms with Crippen molar-refractivity contribution in [3.8, 4) is 0 Å². The molecule has 0 unspecified atom stereocenters. The van der Waals surface area contributed by atoms with Gasteiger partial charge in [0, 0.05) is 18.8 Å². The Labute approximate surface area is 135 Å². The third-order valence-electron chi connectivity index (χ3n) is 4.94. The largest absolute Gasteiger partial charge is 0.467 e. The topological polar surface area (TPSA) is 47.1 Å². The summed E-state index contributed by atoms with van der Waals surface area (Å²) in [5, 5.41) is 1.19. The molecule has 0 bridgehead atoms. The zero-order valence-corrected chi connectivity index (χ0v) is 13.7. The van der Waals surface area contributed by atoms with E-state index < -0.39 is 0 Å². The molecular formula is C18H22N4O. The summed E-state index contributed by atoms with van der Waals surface area (Å²) in [5.41, 5.74) is 3.51. The summed E-state index contributed by atoms with van der Waals surface area (Å²) in [7, 11) is 0. The first kappa shape index (κ1) is 14.3. The van der Waals surface area contributed by atoms with E-state index in [1.165, 1.54) is 35.9 Å². The number of fused-ring (bicyclic) bond motifs is 1. The van der Waals surface area contributed by atoms with Gasteiger partial charge in [-0.15, -0.1) is 0 Å². The van der Waals surface area contributed by atoms with Gasteiger partial charge in [-0.3, -0.25) is 0 Å². The van der Waals surface area contributed by atoms with Gasteiger partial charge in [0.15, 0.2) is 0 Å². The monoisotopic (exact) mass is 310 g/mol. The van der Waals surface area contributed by atoms with Crippen LogP contribution in [-0.4, -0.2) is 27.6 Å². The van der Waals surface area contributed by atoms with E-state index in [4.69, 9.17) is 4.42 Å². The first-order chi connectivity index (χ1) is 11.3. The number of piperidine rings is 1. The lowest BCUT2D eigenvalue weighted by Crippen LogP contribution is -2.30. The highest BCUT2D eigenvalue weighted by Gasteiger charge is 2.21. The molecule has 3 aromatic rings. The van der Waals surface area contributed by atoms with Crippen LogP contribution in [0.3, 0.4) is 0 Å². The summed E-state index contributed by atoms with van der Waals surface area (Å²) < 4.78 is 7.76. The molecule has 23 heavy (non-hydrogen) atoms. The number of aromatic nitrogens is 3. The third-order valence-corrected chi connectivity index (χ3v) is 4.94. The van der Waals surface area contributed by atoms with E-state index in [9.17, 15) is 0 Å². The second-order valence-electron chi connectivity index (χ2n) is 6.32. The molecule has 0 atom stereocenters. The van der Waals surface area contributed by atoms with Crippen molar-refractivity contribution in [1.82, 2.24) is 14.5 Å². The molecule has 0 saturated carbocycles. The van der Waals surface area contributed by atoms with Crippen molar-refractivity contribution in [2.75, 3.05) is 18.0 Å². The molecule has 4 heterocycles. The maximum atomic E-state index is 5.52. The fraction of sp³-hybridized carbons (Fsp3) is 0.444. The van der Waals surface area contributed by atoms with E-state index in [2.05, 4.69) is 33.3 Å². The molecule has 120 valence electrons. The molecule has 0 N–H and O–H groups in total. The molecule has 0 spiro atoms. The summed E-state index contributed by atoms with van der Waals surface area (Å²) in [6.45, 7) is 7.22. The minimum atomic E-state index is 0.708. The Kier molecular flexibility index (Phi) is 3.56. The zero-order valence-electron chi connectivity index (χ0n) is 13.7. The first-order valence-corrected chi connectivity index (χ1v) is 8.33. The lowest BCUT2D eigenvalue weighted by Gasteiger charge is -2.28. The van der Waals surface area contributed by atoms with Crippen LogP contribution in [0.5, 0.6) is 0 Å².